The highest BCUT2D eigenvalue weighted by atomic mass is 35.5. The van der Waals surface area contributed by atoms with Gasteiger partial charge in [0.1, 0.15) is 5.15 Å². The summed E-state index contributed by atoms with van der Waals surface area (Å²) in [6.07, 6.45) is -3.19. The molecule has 86 valence electrons. The number of carbonyl (C=O) groups is 1. The van der Waals surface area contributed by atoms with Crippen LogP contribution in [-0.4, -0.2) is 16.9 Å². The van der Waals surface area contributed by atoms with Gasteiger partial charge in [0.25, 0.3) is 0 Å². The minimum absolute atomic E-state index is 0.120. The zero-order valence-electron chi connectivity index (χ0n) is 7.96. The first kappa shape index (κ1) is 11.4. The monoisotopic (exact) mass is 249 g/mol. The molecule has 1 heterocycles. The fourth-order valence-electron chi connectivity index (χ4n) is 1.58. The highest BCUT2D eigenvalue weighted by Crippen LogP contribution is 2.51. The Labute approximate surface area is 94.4 Å². The molecule has 0 radical (unpaired) electrons. The summed E-state index contributed by atoms with van der Waals surface area (Å²) in [6, 6.07) is 2.78. The van der Waals surface area contributed by atoms with Crippen molar-refractivity contribution in [2.75, 3.05) is 0 Å². The van der Waals surface area contributed by atoms with Crippen LogP contribution in [0.2, 0.25) is 5.15 Å². The maximum Gasteiger partial charge on any atom is 0.392 e. The van der Waals surface area contributed by atoms with E-state index < -0.39 is 23.8 Å². The van der Waals surface area contributed by atoms with Gasteiger partial charge >= 0.3 is 6.18 Å². The molecule has 1 saturated carbocycles. The van der Waals surface area contributed by atoms with E-state index in [-0.39, 0.29) is 17.1 Å². The average Bonchev–Trinajstić information content (AvgIpc) is 2.96. The first-order valence-corrected chi connectivity index (χ1v) is 5.00. The number of halogens is 4. The largest absolute Gasteiger partial charge is 0.392 e. The van der Waals surface area contributed by atoms with E-state index >= 15 is 0 Å². The van der Waals surface area contributed by atoms with Gasteiger partial charge < -0.3 is 0 Å². The van der Waals surface area contributed by atoms with E-state index in [1.54, 1.807) is 0 Å². The molecule has 1 aromatic heterocycles. The maximum absolute atomic E-state index is 12.2. The molecule has 6 heteroatoms. The second kappa shape index (κ2) is 3.73. The Bertz CT molecular complexity index is 415. The minimum Gasteiger partial charge on any atom is -0.294 e. The number of nitrogens with zero attached hydrogens (tertiary/aromatic N) is 1. The first-order valence-electron chi connectivity index (χ1n) is 4.62. The lowest BCUT2D eigenvalue weighted by Gasteiger charge is -2.04. The molecule has 2 atom stereocenters. The Balaban J connectivity index is 2.08. The molecular formula is C10H7ClF3NO. The molecule has 0 N–H and O–H groups in total. The van der Waals surface area contributed by atoms with Gasteiger partial charge in [-0.15, -0.1) is 0 Å². The highest BCUT2D eigenvalue weighted by molar-refractivity contribution is 6.29. The van der Waals surface area contributed by atoms with E-state index in [0.717, 1.165) is 0 Å². The number of aromatic nitrogens is 1. The van der Waals surface area contributed by atoms with Gasteiger partial charge in [0, 0.05) is 17.7 Å². The van der Waals surface area contributed by atoms with E-state index in [4.69, 9.17) is 11.6 Å². The van der Waals surface area contributed by atoms with Crippen molar-refractivity contribution in [1.29, 1.82) is 0 Å². The van der Waals surface area contributed by atoms with Crippen molar-refractivity contribution in [1.82, 2.24) is 4.98 Å². The number of Topliss-reactive ketones (excluding diaryl/α,β-unsaturated/α-hetero) is 1. The van der Waals surface area contributed by atoms with Crippen molar-refractivity contribution >= 4 is 17.4 Å². The van der Waals surface area contributed by atoms with Crippen molar-refractivity contribution < 1.29 is 18.0 Å². The lowest BCUT2D eigenvalue weighted by atomic mass is 10.1. The van der Waals surface area contributed by atoms with E-state index in [0.29, 0.717) is 0 Å². The number of hydrogen-bond donors (Lipinski definition) is 0. The summed E-state index contributed by atoms with van der Waals surface area (Å²) in [6.45, 7) is 0. The van der Waals surface area contributed by atoms with Crippen LogP contribution in [0.15, 0.2) is 18.3 Å². The number of ketones is 1. The molecule has 1 aliphatic rings. The zero-order chi connectivity index (χ0) is 11.9. The topological polar surface area (TPSA) is 30.0 Å². The molecule has 2 rings (SSSR count). The summed E-state index contributed by atoms with van der Waals surface area (Å²) in [7, 11) is 0. The fraction of sp³-hybridized carbons (Fsp3) is 0.400. The van der Waals surface area contributed by atoms with Gasteiger partial charge in [0.15, 0.2) is 5.78 Å². The number of carbonyl (C=O) groups excluding carboxylic acids is 1. The Kier molecular flexibility index (Phi) is 2.66. The van der Waals surface area contributed by atoms with E-state index in [9.17, 15) is 18.0 Å². The first-order chi connectivity index (χ1) is 7.39. The van der Waals surface area contributed by atoms with E-state index in [2.05, 4.69) is 4.98 Å². The van der Waals surface area contributed by atoms with Crippen LogP contribution in [0, 0.1) is 11.8 Å². The molecule has 2 unspecified atom stereocenters. The van der Waals surface area contributed by atoms with Crippen LogP contribution in [-0.2, 0) is 0 Å². The number of alkyl halides is 3. The lowest BCUT2D eigenvalue weighted by molar-refractivity contribution is -0.149. The summed E-state index contributed by atoms with van der Waals surface area (Å²) in [4.78, 5) is 15.3. The molecule has 0 bridgehead atoms. The van der Waals surface area contributed by atoms with Gasteiger partial charge in [0.05, 0.1) is 5.92 Å². The van der Waals surface area contributed by atoms with Crippen molar-refractivity contribution in [2.45, 2.75) is 12.6 Å². The van der Waals surface area contributed by atoms with Crippen molar-refractivity contribution in [3.05, 3.63) is 29.0 Å². The smallest absolute Gasteiger partial charge is 0.294 e. The van der Waals surface area contributed by atoms with Gasteiger partial charge in [-0.3, -0.25) is 4.79 Å². The lowest BCUT2D eigenvalue weighted by Crippen LogP contribution is -2.15. The van der Waals surface area contributed by atoms with Crippen LogP contribution >= 0.6 is 11.6 Å². The Hall–Kier alpha value is -1.10. The molecule has 0 spiro atoms. The van der Waals surface area contributed by atoms with Crippen LogP contribution in [0.1, 0.15) is 16.8 Å². The molecular weight excluding hydrogens is 243 g/mol. The van der Waals surface area contributed by atoms with Gasteiger partial charge in [-0.05, 0) is 18.6 Å². The highest BCUT2D eigenvalue weighted by Gasteiger charge is 2.58. The van der Waals surface area contributed by atoms with Gasteiger partial charge in [-0.2, -0.15) is 13.2 Å². The fourth-order valence-corrected chi connectivity index (χ4v) is 1.69. The molecule has 2 nitrogen and oxygen atoms in total. The van der Waals surface area contributed by atoms with Crippen LogP contribution < -0.4 is 0 Å². The summed E-state index contributed by atoms with van der Waals surface area (Å²) in [5.41, 5.74) is 0.182. The molecule has 0 saturated heterocycles. The summed E-state index contributed by atoms with van der Waals surface area (Å²) in [5, 5.41) is 0.208. The standard InChI is InChI=1S/C10H7ClF3NO/c11-8-2-1-5(4-15-8)9(16)6-3-7(6)10(12,13)14/h1-2,4,6-7H,3H2. The third-order valence-corrected chi connectivity index (χ3v) is 2.78. The third-order valence-electron chi connectivity index (χ3n) is 2.56. The van der Waals surface area contributed by atoms with Crippen molar-refractivity contribution in [3.63, 3.8) is 0 Å². The average molecular weight is 250 g/mol. The van der Waals surface area contributed by atoms with Crippen molar-refractivity contribution in [2.24, 2.45) is 11.8 Å². The Morgan fingerprint density at radius 2 is 2.12 bits per heavy atom. The molecule has 1 fully saturated rings. The van der Waals surface area contributed by atoms with Gasteiger partial charge in [-0.1, -0.05) is 11.6 Å². The summed E-state index contributed by atoms with van der Waals surface area (Å²) < 4.78 is 36.7. The molecule has 0 aliphatic heterocycles. The minimum atomic E-state index is -4.28. The summed E-state index contributed by atoms with van der Waals surface area (Å²) >= 11 is 5.51. The number of rotatable bonds is 2. The van der Waals surface area contributed by atoms with Crippen molar-refractivity contribution in [3.8, 4) is 0 Å². The maximum atomic E-state index is 12.2. The van der Waals surface area contributed by atoms with E-state index in [1.807, 2.05) is 0 Å². The van der Waals surface area contributed by atoms with Gasteiger partial charge in [0.2, 0.25) is 0 Å². The SMILES string of the molecule is O=C(c1ccc(Cl)nc1)C1CC1C(F)(F)F. The molecule has 0 aromatic carbocycles. The number of hydrogen-bond acceptors (Lipinski definition) is 2. The Morgan fingerprint density at radius 3 is 2.56 bits per heavy atom. The van der Waals surface area contributed by atoms with Crippen LogP contribution in [0.25, 0.3) is 0 Å². The summed E-state index contributed by atoms with van der Waals surface area (Å²) in [5.74, 6) is -2.94. The quantitative estimate of drug-likeness (QED) is 0.595. The van der Waals surface area contributed by atoms with Crippen LogP contribution in [0.3, 0.4) is 0 Å². The normalized spacial score (nSPS) is 24.2. The second-order valence-corrected chi connectivity index (χ2v) is 4.11. The van der Waals surface area contributed by atoms with Crippen LogP contribution in [0.5, 0.6) is 0 Å². The molecule has 0 amide bonds. The van der Waals surface area contributed by atoms with E-state index in [1.165, 1.54) is 18.3 Å². The molecule has 1 aliphatic carbocycles. The predicted molar refractivity (Wildman–Crippen MR) is 51.2 cm³/mol. The predicted octanol–water partition coefficient (Wildman–Crippen LogP) is 3.12. The molecule has 1 aromatic rings. The van der Waals surface area contributed by atoms with Gasteiger partial charge in [-0.25, -0.2) is 4.98 Å². The Morgan fingerprint density at radius 1 is 1.44 bits per heavy atom. The third kappa shape index (κ3) is 2.19. The number of pyridine rings is 1. The van der Waals surface area contributed by atoms with Crippen LogP contribution in [0.4, 0.5) is 13.2 Å². The zero-order valence-corrected chi connectivity index (χ0v) is 8.72. The second-order valence-electron chi connectivity index (χ2n) is 3.72. The molecule has 16 heavy (non-hydrogen) atoms.